The number of aryl methyl sites for hydroxylation is 2. The first-order valence-corrected chi connectivity index (χ1v) is 9.35. The summed E-state index contributed by atoms with van der Waals surface area (Å²) in [5.41, 5.74) is 2.45. The Kier molecular flexibility index (Phi) is 6.11. The van der Waals surface area contributed by atoms with Crippen LogP contribution in [0.25, 0.3) is 0 Å². The summed E-state index contributed by atoms with van der Waals surface area (Å²) in [6.07, 6.45) is 3.04. The zero-order valence-corrected chi connectivity index (χ0v) is 16.3. The topological polar surface area (TPSA) is 108 Å². The van der Waals surface area contributed by atoms with Gasteiger partial charge in [0, 0.05) is 0 Å². The molecular formula is C21H22N2O6. The van der Waals surface area contributed by atoms with Crippen molar-refractivity contribution in [3.05, 3.63) is 63.2 Å². The van der Waals surface area contributed by atoms with E-state index < -0.39 is 22.9 Å². The number of esters is 1. The Morgan fingerprint density at radius 3 is 2.52 bits per heavy atom. The van der Waals surface area contributed by atoms with Crippen molar-refractivity contribution in [3.8, 4) is 5.75 Å². The molecule has 1 aliphatic carbocycles. The van der Waals surface area contributed by atoms with Crippen molar-refractivity contribution in [2.45, 2.75) is 38.7 Å². The first-order valence-electron chi connectivity index (χ1n) is 9.35. The van der Waals surface area contributed by atoms with Gasteiger partial charge in [-0.25, -0.2) is 4.79 Å². The van der Waals surface area contributed by atoms with E-state index in [4.69, 9.17) is 9.47 Å². The fraction of sp³-hybridized carbons (Fsp3) is 0.333. The van der Waals surface area contributed by atoms with E-state index >= 15 is 0 Å². The molecule has 8 heteroatoms. The molecule has 0 fully saturated rings. The van der Waals surface area contributed by atoms with Crippen LogP contribution in [-0.2, 0) is 22.4 Å². The van der Waals surface area contributed by atoms with Gasteiger partial charge in [0.1, 0.15) is 11.4 Å². The molecule has 0 heterocycles. The number of ether oxygens (including phenoxy) is 2. The first kappa shape index (κ1) is 20.3. The maximum Gasteiger partial charge on any atom is 0.338 e. The van der Waals surface area contributed by atoms with Crippen LogP contribution in [-0.4, -0.2) is 30.0 Å². The molecule has 0 radical (unpaired) electrons. The van der Waals surface area contributed by atoms with Gasteiger partial charge >= 0.3 is 5.97 Å². The molecule has 0 bridgehead atoms. The monoisotopic (exact) mass is 398 g/mol. The molecule has 29 heavy (non-hydrogen) atoms. The van der Waals surface area contributed by atoms with Gasteiger partial charge in [-0.05, 0) is 68.0 Å². The van der Waals surface area contributed by atoms with E-state index in [0.717, 1.165) is 31.2 Å². The van der Waals surface area contributed by atoms with E-state index in [2.05, 4.69) is 5.32 Å². The Labute approximate surface area is 168 Å². The molecule has 1 amide bonds. The molecule has 0 spiro atoms. The molecule has 0 saturated carbocycles. The average Bonchev–Trinajstić information content (AvgIpc) is 2.73. The number of carbonyl (C=O) groups is 2. The number of hydrogen-bond donors (Lipinski definition) is 1. The van der Waals surface area contributed by atoms with Gasteiger partial charge in [0.2, 0.25) is 0 Å². The van der Waals surface area contributed by atoms with Gasteiger partial charge in [-0.3, -0.25) is 14.9 Å². The summed E-state index contributed by atoms with van der Waals surface area (Å²) in [7, 11) is 1.39. The standard InChI is InChI=1S/C21H22N2O6/c1-13(20(24)22-18-10-9-17(28-2)12-19(18)23(26)27)29-21(25)16-8-7-14-5-3-4-6-15(14)11-16/h7-13H,3-6H2,1-2H3,(H,22,24)/t13-/m0/s1. The molecule has 0 aliphatic heterocycles. The second kappa shape index (κ2) is 8.72. The minimum Gasteiger partial charge on any atom is -0.496 e. The highest BCUT2D eigenvalue weighted by Gasteiger charge is 2.23. The number of benzene rings is 2. The first-order chi connectivity index (χ1) is 13.9. The Balaban J connectivity index is 1.68. The van der Waals surface area contributed by atoms with Crippen LogP contribution in [0.1, 0.15) is 41.3 Å². The molecule has 8 nitrogen and oxygen atoms in total. The largest absolute Gasteiger partial charge is 0.496 e. The second-order valence-corrected chi connectivity index (χ2v) is 6.87. The van der Waals surface area contributed by atoms with E-state index in [0.29, 0.717) is 11.3 Å². The van der Waals surface area contributed by atoms with E-state index in [1.807, 2.05) is 12.1 Å². The smallest absolute Gasteiger partial charge is 0.338 e. The molecule has 0 aromatic heterocycles. The predicted molar refractivity (Wildman–Crippen MR) is 106 cm³/mol. The number of nitro benzene ring substituents is 1. The van der Waals surface area contributed by atoms with Crippen LogP contribution in [0.2, 0.25) is 0 Å². The minimum atomic E-state index is -1.12. The van der Waals surface area contributed by atoms with Crippen molar-refractivity contribution >= 4 is 23.3 Å². The number of hydrogen-bond acceptors (Lipinski definition) is 6. The SMILES string of the molecule is COc1ccc(NC(=O)[C@H](C)OC(=O)c2ccc3c(c2)CCCC3)c([N+](=O)[O-])c1. The van der Waals surface area contributed by atoms with Gasteiger partial charge < -0.3 is 14.8 Å². The highest BCUT2D eigenvalue weighted by Crippen LogP contribution is 2.29. The lowest BCUT2D eigenvalue weighted by Crippen LogP contribution is -2.30. The zero-order valence-electron chi connectivity index (χ0n) is 16.3. The molecule has 152 valence electrons. The van der Waals surface area contributed by atoms with E-state index in [-0.39, 0.29) is 11.4 Å². The summed E-state index contributed by atoms with van der Waals surface area (Å²) < 4.78 is 10.2. The summed E-state index contributed by atoms with van der Waals surface area (Å²) >= 11 is 0. The van der Waals surface area contributed by atoms with Crippen LogP contribution < -0.4 is 10.1 Å². The van der Waals surface area contributed by atoms with Crippen LogP contribution >= 0.6 is 0 Å². The Morgan fingerprint density at radius 1 is 1.10 bits per heavy atom. The van der Waals surface area contributed by atoms with Gasteiger partial charge in [-0.15, -0.1) is 0 Å². The molecule has 3 rings (SSSR count). The average molecular weight is 398 g/mol. The number of rotatable bonds is 6. The normalized spacial score (nSPS) is 13.7. The van der Waals surface area contributed by atoms with Crippen molar-refractivity contribution in [1.82, 2.24) is 0 Å². The van der Waals surface area contributed by atoms with E-state index in [9.17, 15) is 19.7 Å². The summed E-state index contributed by atoms with van der Waals surface area (Å²) in [4.78, 5) is 35.4. The molecular weight excluding hydrogens is 376 g/mol. The van der Waals surface area contributed by atoms with Crippen molar-refractivity contribution in [1.29, 1.82) is 0 Å². The maximum absolute atomic E-state index is 12.4. The Morgan fingerprint density at radius 2 is 1.83 bits per heavy atom. The van der Waals surface area contributed by atoms with Crippen molar-refractivity contribution in [2.24, 2.45) is 0 Å². The highest BCUT2D eigenvalue weighted by molar-refractivity contribution is 5.98. The van der Waals surface area contributed by atoms with Gasteiger partial charge in [0.25, 0.3) is 11.6 Å². The van der Waals surface area contributed by atoms with Crippen LogP contribution in [0.3, 0.4) is 0 Å². The van der Waals surface area contributed by atoms with Crippen LogP contribution in [0, 0.1) is 10.1 Å². The molecule has 0 unspecified atom stereocenters. The lowest BCUT2D eigenvalue weighted by molar-refractivity contribution is -0.384. The van der Waals surface area contributed by atoms with Crippen LogP contribution in [0.15, 0.2) is 36.4 Å². The molecule has 2 aromatic rings. The lowest BCUT2D eigenvalue weighted by atomic mass is 9.90. The van der Waals surface area contributed by atoms with Crippen LogP contribution in [0.4, 0.5) is 11.4 Å². The van der Waals surface area contributed by atoms with E-state index in [1.165, 1.54) is 37.8 Å². The molecule has 1 atom stereocenters. The predicted octanol–water partition coefficient (Wildman–Crippen LogP) is 3.67. The van der Waals surface area contributed by atoms with Gasteiger partial charge in [0.15, 0.2) is 6.10 Å². The molecule has 0 saturated heterocycles. The molecule has 1 N–H and O–H groups in total. The minimum absolute atomic E-state index is 0.00233. The van der Waals surface area contributed by atoms with E-state index in [1.54, 1.807) is 6.07 Å². The summed E-state index contributed by atoms with van der Waals surface area (Å²) in [6.45, 7) is 1.42. The number of nitrogens with zero attached hydrogens (tertiary/aromatic N) is 1. The summed E-state index contributed by atoms with van der Waals surface area (Å²) in [5.74, 6) is -0.976. The number of fused-ring (bicyclic) bond motifs is 1. The fourth-order valence-corrected chi connectivity index (χ4v) is 3.27. The lowest BCUT2D eigenvalue weighted by Gasteiger charge is -2.17. The zero-order chi connectivity index (χ0) is 21.0. The number of methoxy groups -OCH3 is 1. The van der Waals surface area contributed by atoms with Gasteiger partial charge in [0.05, 0.1) is 23.7 Å². The molecule has 2 aromatic carbocycles. The summed E-state index contributed by atoms with van der Waals surface area (Å²) in [5, 5.41) is 13.7. The van der Waals surface area contributed by atoms with Crippen LogP contribution in [0.5, 0.6) is 5.75 Å². The quantitative estimate of drug-likeness (QED) is 0.452. The van der Waals surface area contributed by atoms with Gasteiger partial charge in [-0.1, -0.05) is 6.07 Å². The third kappa shape index (κ3) is 4.71. The number of nitro groups is 1. The third-order valence-corrected chi connectivity index (χ3v) is 4.90. The van der Waals surface area contributed by atoms with Gasteiger partial charge in [-0.2, -0.15) is 0 Å². The molecule has 1 aliphatic rings. The number of amides is 1. The fourth-order valence-electron chi connectivity index (χ4n) is 3.27. The number of anilines is 1. The van der Waals surface area contributed by atoms with Crippen molar-refractivity contribution in [3.63, 3.8) is 0 Å². The Bertz CT molecular complexity index is 956. The maximum atomic E-state index is 12.4. The van der Waals surface area contributed by atoms with Crippen molar-refractivity contribution < 1.29 is 24.0 Å². The van der Waals surface area contributed by atoms with Crippen molar-refractivity contribution in [2.75, 3.05) is 12.4 Å². The highest BCUT2D eigenvalue weighted by atomic mass is 16.6. The Hall–Kier alpha value is -3.42. The summed E-state index contributed by atoms with van der Waals surface area (Å²) in [6, 6.07) is 9.51. The third-order valence-electron chi connectivity index (χ3n) is 4.90. The number of nitrogens with one attached hydrogen (secondary N) is 1. The second-order valence-electron chi connectivity index (χ2n) is 6.87. The number of carbonyl (C=O) groups excluding carboxylic acids is 2.